The molecule has 0 N–H and O–H groups in total. The number of rotatable bonds is 9. The molecule has 0 bridgehead atoms. The zero-order chi connectivity index (χ0) is 14.6. The lowest BCUT2D eigenvalue weighted by Crippen LogP contribution is -2.10. The average molecular weight is 278 g/mol. The van der Waals surface area contributed by atoms with Crippen molar-refractivity contribution in [3.63, 3.8) is 0 Å². The van der Waals surface area contributed by atoms with Crippen LogP contribution in [0.5, 0.6) is 5.75 Å². The first-order valence-electron chi connectivity index (χ1n) is 7.69. The normalized spacial score (nSPS) is 10.3. The van der Waals surface area contributed by atoms with Crippen LogP contribution in [0.15, 0.2) is 24.3 Å². The first kappa shape index (κ1) is 16.5. The zero-order valence-electron chi connectivity index (χ0n) is 12.7. The summed E-state index contributed by atoms with van der Waals surface area (Å²) in [6.45, 7) is 4.57. The third-order valence-corrected chi connectivity index (χ3v) is 3.12. The van der Waals surface area contributed by atoms with Crippen LogP contribution in [0.4, 0.5) is 4.79 Å². The molecule has 1 aromatic carbocycles. The van der Waals surface area contributed by atoms with E-state index in [9.17, 15) is 4.79 Å². The van der Waals surface area contributed by atoms with Crippen molar-refractivity contribution in [2.75, 3.05) is 6.61 Å². The van der Waals surface area contributed by atoms with Gasteiger partial charge in [0.1, 0.15) is 5.75 Å². The van der Waals surface area contributed by atoms with E-state index in [1.165, 1.54) is 37.7 Å². The highest BCUT2D eigenvalue weighted by Gasteiger charge is 2.05. The van der Waals surface area contributed by atoms with E-state index >= 15 is 0 Å². The second-order valence-electron chi connectivity index (χ2n) is 5.01. The van der Waals surface area contributed by atoms with E-state index in [-0.39, 0.29) is 0 Å². The summed E-state index contributed by atoms with van der Waals surface area (Å²) in [5.74, 6) is 0.542. The fourth-order valence-corrected chi connectivity index (χ4v) is 1.97. The summed E-state index contributed by atoms with van der Waals surface area (Å²) in [7, 11) is 0. The van der Waals surface area contributed by atoms with Crippen molar-refractivity contribution in [2.45, 2.75) is 58.8 Å². The quantitative estimate of drug-likeness (QED) is 0.357. The summed E-state index contributed by atoms with van der Waals surface area (Å²) in [5.41, 5.74) is 1.29. The van der Waals surface area contributed by atoms with E-state index in [0.29, 0.717) is 12.4 Å². The number of unbranched alkanes of at least 4 members (excludes halogenated alkanes) is 4. The van der Waals surface area contributed by atoms with Gasteiger partial charge >= 0.3 is 6.16 Å². The molecule has 0 fully saturated rings. The van der Waals surface area contributed by atoms with Crippen molar-refractivity contribution >= 4 is 6.16 Å². The number of carbonyl (C=O) groups is 1. The average Bonchev–Trinajstić information content (AvgIpc) is 2.46. The largest absolute Gasteiger partial charge is 0.513 e. The third kappa shape index (κ3) is 7.17. The van der Waals surface area contributed by atoms with Crippen LogP contribution in [0.3, 0.4) is 0 Å². The second kappa shape index (κ2) is 10.3. The van der Waals surface area contributed by atoms with Crippen molar-refractivity contribution in [3.05, 3.63) is 29.8 Å². The van der Waals surface area contributed by atoms with Gasteiger partial charge in [0.15, 0.2) is 0 Å². The molecule has 112 valence electrons. The van der Waals surface area contributed by atoms with Gasteiger partial charge in [0.25, 0.3) is 0 Å². The molecule has 1 rings (SSSR count). The summed E-state index contributed by atoms with van der Waals surface area (Å²) in [6.07, 6.45) is 7.69. The molecule has 0 amide bonds. The lowest BCUT2D eigenvalue weighted by Gasteiger charge is -2.06. The summed E-state index contributed by atoms with van der Waals surface area (Å²) in [4.78, 5) is 11.3. The Kier molecular flexibility index (Phi) is 8.52. The SMILES string of the molecule is CCCCCCCc1ccc(OC(=O)OCCC)cc1. The minimum atomic E-state index is -0.626. The smallest absolute Gasteiger partial charge is 0.434 e. The summed E-state index contributed by atoms with van der Waals surface area (Å²) < 4.78 is 9.93. The van der Waals surface area contributed by atoms with E-state index in [1.807, 2.05) is 31.2 Å². The number of ether oxygens (including phenoxy) is 2. The number of benzene rings is 1. The molecule has 0 aromatic heterocycles. The molecular weight excluding hydrogens is 252 g/mol. The van der Waals surface area contributed by atoms with E-state index in [2.05, 4.69) is 6.92 Å². The highest BCUT2D eigenvalue weighted by Crippen LogP contribution is 2.15. The van der Waals surface area contributed by atoms with Crippen molar-refractivity contribution < 1.29 is 14.3 Å². The molecule has 0 saturated heterocycles. The molecule has 0 spiro atoms. The molecule has 0 atom stereocenters. The van der Waals surface area contributed by atoms with E-state index < -0.39 is 6.16 Å². The van der Waals surface area contributed by atoms with Gasteiger partial charge in [-0.15, -0.1) is 0 Å². The Morgan fingerprint density at radius 2 is 1.65 bits per heavy atom. The van der Waals surface area contributed by atoms with Gasteiger partial charge in [0, 0.05) is 0 Å². The maximum atomic E-state index is 11.3. The Bertz CT molecular complexity index is 370. The Morgan fingerprint density at radius 1 is 0.950 bits per heavy atom. The number of hydrogen-bond acceptors (Lipinski definition) is 3. The molecule has 0 saturated carbocycles. The Hall–Kier alpha value is -1.51. The van der Waals surface area contributed by atoms with Crippen LogP contribution in [0.25, 0.3) is 0 Å². The summed E-state index contributed by atoms with van der Waals surface area (Å²) >= 11 is 0. The van der Waals surface area contributed by atoms with Crippen LogP contribution in [-0.4, -0.2) is 12.8 Å². The molecular formula is C17H26O3. The van der Waals surface area contributed by atoms with Gasteiger partial charge < -0.3 is 9.47 Å². The minimum Gasteiger partial charge on any atom is -0.434 e. The standard InChI is InChI=1S/C17H26O3/c1-3-5-6-7-8-9-15-10-12-16(13-11-15)20-17(18)19-14-4-2/h10-13H,3-9,14H2,1-2H3. The van der Waals surface area contributed by atoms with Gasteiger partial charge in [0.2, 0.25) is 0 Å². The highest BCUT2D eigenvalue weighted by atomic mass is 16.7. The number of hydrogen-bond donors (Lipinski definition) is 0. The zero-order valence-corrected chi connectivity index (χ0v) is 12.7. The fourth-order valence-electron chi connectivity index (χ4n) is 1.97. The van der Waals surface area contributed by atoms with Gasteiger partial charge in [0.05, 0.1) is 6.61 Å². The molecule has 0 aliphatic carbocycles. The molecule has 0 aliphatic heterocycles. The maximum Gasteiger partial charge on any atom is 0.513 e. The highest BCUT2D eigenvalue weighted by molar-refractivity contribution is 5.63. The minimum absolute atomic E-state index is 0.397. The summed E-state index contributed by atoms with van der Waals surface area (Å²) in [6, 6.07) is 7.69. The van der Waals surface area contributed by atoms with E-state index in [0.717, 1.165) is 12.8 Å². The van der Waals surface area contributed by atoms with Gasteiger partial charge in [-0.1, -0.05) is 51.7 Å². The molecule has 0 radical (unpaired) electrons. The van der Waals surface area contributed by atoms with Crippen LogP contribution in [-0.2, 0) is 11.2 Å². The lowest BCUT2D eigenvalue weighted by molar-refractivity contribution is 0.0991. The van der Waals surface area contributed by atoms with Gasteiger partial charge in [-0.3, -0.25) is 0 Å². The van der Waals surface area contributed by atoms with Crippen LogP contribution >= 0.6 is 0 Å². The van der Waals surface area contributed by atoms with Crippen molar-refractivity contribution in [2.24, 2.45) is 0 Å². The van der Waals surface area contributed by atoms with Crippen LogP contribution < -0.4 is 4.74 Å². The fraction of sp³-hybridized carbons (Fsp3) is 0.588. The van der Waals surface area contributed by atoms with Gasteiger partial charge in [-0.05, 0) is 37.0 Å². The molecule has 1 aromatic rings. The van der Waals surface area contributed by atoms with Crippen LogP contribution in [0, 0.1) is 0 Å². The van der Waals surface area contributed by atoms with Crippen molar-refractivity contribution in [3.8, 4) is 5.75 Å². The maximum absolute atomic E-state index is 11.3. The molecule has 0 unspecified atom stereocenters. The lowest BCUT2D eigenvalue weighted by atomic mass is 10.1. The Balaban J connectivity index is 2.27. The first-order valence-corrected chi connectivity index (χ1v) is 7.69. The van der Waals surface area contributed by atoms with Crippen LogP contribution in [0.2, 0.25) is 0 Å². The second-order valence-corrected chi connectivity index (χ2v) is 5.01. The molecule has 3 nitrogen and oxygen atoms in total. The first-order chi connectivity index (χ1) is 9.76. The monoisotopic (exact) mass is 278 g/mol. The van der Waals surface area contributed by atoms with Crippen molar-refractivity contribution in [1.82, 2.24) is 0 Å². The third-order valence-electron chi connectivity index (χ3n) is 3.12. The Labute approximate surface area is 122 Å². The molecule has 0 heterocycles. The molecule has 20 heavy (non-hydrogen) atoms. The topological polar surface area (TPSA) is 35.5 Å². The molecule has 0 aliphatic rings. The number of aryl methyl sites for hydroxylation is 1. The van der Waals surface area contributed by atoms with Crippen molar-refractivity contribution in [1.29, 1.82) is 0 Å². The van der Waals surface area contributed by atoms with Crippen LogP contribution in [0.1, 0.15) is 57.9 Å². The van der Waals surface area contributed by atoms with E-state index in [1.54, 1.807) is 0 Å². The predicted molar refractivity (Wildman–Crippen MR) is 81.2 cm³/mol. The number of carbonyl (C=O) groups excluding carboxylic acids is 1. The molecule has 3 heteroatoms. The Morgan fingerprint density at radius 3 is 2.30 bits per heavy atom. The van der Waals surface area contributed by atoms with Gasteiger partial charge in [-0.2, -0.15) is 0 Å². The van der Waals surface area contributed by atoms with E-state index in [4.69, 9.17) is 9.47 Å². The predicted octanol–water partition coefficient (Wildman–Crippen LogP) is 5.12. The summed E-state index contributed by atoms with van der Waals surface area (Å²) in [5, 5.41) is 0. The van der Waals surface area contributed by atoms with Gasteiger partial charge in [-0.25, -0.2) is 4.79 Å².